The number of allylic oxidation sites excluding steroid dienone is 16. The molecule has 0 aromatic carbocycles. The fourth-order valence-corrected chi connectivity index (χ4v) is 9.52. The minimum absolute atomic E-state index is 0.109. The molecule has 0 aromatic rings. The van der Waals surface area contributed by atoms with Gasteiger partial charge in [0.2, 0.25) is 0 Å². The maximum absolute atomic E-state index is 12.9. The van der Waals surface area contributed by atoms with Crippen molar-refractivity contribution in [3.8, 4) is 0 Å². The number of carbonyl (C=O) groups is 3. The average Bonchev–Trinajstić information content (AvgIpc) is 3.45. The molecule has 0 spiro atoms. The van der Waals surface area contributed by atoms with E-state index in [1.807, 2.05) is 6.08 Å². The van der Waals surface area contributed by atoms with Crippen molar-refractivity contribution in [2.75, 3.05) is 13.2 Å². The van der Waals surface area contributed by atoms with E-state index in [1.54, 1.807) is 0 Å². The molecule has 0 aliphatic rings. The monoisotopic (exact) mass is 1100 g/mol. The highest BCUT2D eigenvalue weighted by Crippen LogP contribution is 2.17. The third kappa shape index (κ3) is 65.0. The van der Waals surface area contributed by atoms with Gasteiger partial charge in [0.25, 0.3) is 0 Å². The number of hydrogen-bond acceptors (Lipinski definition) is 6. The van der Waals surface area contributed by atoms with Crippen molar-refractivity contribution in [1.82, 2.24) is 0 Å². The second-order valence-electron chi connectivity index (χ2n) is 22.3. The summed E-state index contributed by atoms with van der Waals surface area (Å²) in [6, 6.07) is 0. The zero-order chi connectivity index (χ0) is 57.1. The van der Waals surface area contributed by atoms with Crippen LogP contribution in [0.1, 0.15) is 329 Å². The Labute approximate surface area is 489 Å². The zero-order valence-electron chi connectivity index (χ0n) is 52.1. The van der Waals surface area contributed by atoms with Crippen LogP contribution in [0.15, 0.2) is 97.2 Å². The van der Waals surface area contributed by atoms with Gasteiger partial charge in [0.05, 0.1) is 0 Å². The maximum Gasteiger partial charge on any atom is 0.306 e. The lowest BCUT2D eigenvalue weighted by Gasteiger charge is -2.18. The average molecular weight is 1100 g/mol. The molecule has 0 saturated carbocycles. The molecule has 0 saturated heterocycles. The lowest BCUT2D eigenvalue weighted by molar-refractivity contribution is -0.166. The van der Waals surface area contributed by atoms with Crippen molar-refractivity contribution in [2.45, 2.75) is 335 Å². The fourth-order valence-electron chi connectivity index (χ4n) is 9.52. The molecule has 79 heavy (non-hydrogen) atoms. The number of ether oxygens (including phenoxy) is 3. The summed E-state index contributed by atoms with van der Waals surface area (Å²) < 4.78 is 16.9. The first-order valence-corrected chi connectivity index (χ1v) is 33.7. The summed E-state index contributed by atoms with van der Waals surface area (Å²) in [6.07, 6.45) is 90.1. The smallest absolute Gasteiger partial charge is 0.306 e. The van der Waals surface area contributed by atoms with Crippen LogP contribution in [0.4, 0.5) is 0 Å². The molecular formula is C73H126O6. The summed E-state index contributed by atoms with van der Waals surface area (Å²) in [5, 5.41) is 0. The van der Waals surface area contributed by atoms with E-state index in [-0.39, 0.29) is 31.6 Å². The van der Waals surface area contributed by atoms with Crippen molar-refractivity contribution < 1.29 is 28.6 Å². The number of hydrogen-bond donors (Lipinski definition) is 0. The molecule has 0 aliphatic heterocycles. The van der Waals surface area contributed by atoms with E-state index < -0.39 is 12.1 Å². The lowest BCUT2D eigenvalue weighted by atomic mass is 10.0. The van der Waals surface area contributed by atoms with Gasteiger partial charge in [-0.3, -0.25) is 14.4 Å². The number of unbranched alkanes of at least 4 members (excludes halogenated alkanes) is 34. The van der Waals surface area contributed by atoms with Crippen LogP contribution in [0.5, 0.6) is 0 Å². The summed E-state index contributed by atoms with van der Waals surface area (Å²) in [5.41, 5.74) is 0. The third-order valence-electron chi connectivity index (χ3n) is 14.6. The Morgan fingerprint density at radius 3 is 0.823 bits per heavy atom. The van der Waals surface area contributed by atoms with Crippen LogP contribution in [0.2, 0.25) is 0 Å². The zero-order valence-corrected chi connectivity index (χ0v) is 52.1. The molecule has 6 nitrogen and oxygen atoms in total. The first kappa shape index (κ1) is 75.3. The minimum Gasteiger partial charge on any atom is -0.462 e. The Morgan fingerprint density at radius 1 is 0.266 bits per heavy atom. The normalized spacial score (nSPS) is 12.7. The lowest BCUT2D eigenvalue weighted by Crippen LogP contribution is -2.30. The third-order valence-corrected chi connectivity index (χ3v) is 14.6. The van der Waals surface area contributed by atoms with Crippen LogP contribution in [-0.4, -0.2) is 37.2 Å². The molecule has 1 unspecified atom stereocenters. The van der Waals surface area contributed by atoms with Crippen LogP contribution in [0.3, 0.4) is 0 Å². The van der Waals surface area contributed by atoms with Crippen molar-refractivity contribution in [3.05, 3.63) is 97.2 Å². The molecule has 1 atom stereocenters. The van der Waals surface area contributed by atoms with Crippen LogP contribution in [0, 0.1) is 0 Å². The van der Waals surface area contributed by atoms with Gasteiger partial charge in [-0.05, 0) is 109 Å². The summed E-state index contributed by atoms with van der Waals surface area (Å²) in [6.45, 7) is 6.49. The molecule has 0 radical (unpaired) electrons. The van der Waals surface area contributed by atoms with Crippen LogP contribution in [0.25, 0.3) is 0 Å². The molecule has 0 aliphatic carbocycles. The van der Waals surface area contributed by atoms with Gasteiger partial charge < -0.3 is 14.2 Å². The molecular weight excluding hydrogens is 973 g/mol. The van der Waals surface area contributed by atoms with Gasteiger partial charge in [0, 0.05) is 19.3 Å². The molecule has 0 heterocycles. The summed E-state index contributed by atoms with van der Waals surface area (Å²) >= 11 is 0. The molecule has 0 aromatic heterocycles. The van der Waals surface area contributed by atoms with E-state index in [2.05, 4.69) is 112 Å². The Hall–Kier alpha value is -3.67. The van der Waals surface area contributed by atoms with Gasteiger partial charge in [-0.15, -0.1) is 0 Å². The van der Waals surface area contributed by atoms with Gasteiger partial charge in [-0.1, -0.05) is 298 Å². The van der Waals surface area contributed by atoms with Gasteiger partial charge in [0.15, 0.2) is 6.10 Å². The van der Waals surface area contributed by atoms with Crippen LogP contribution < -0.4 is 0 Å². The summed E-state index contributed by atoms with van der Waals surface area (Å²) in [4.78, 5) is 38.3. The van der Waals surface area contributed by atoms with E-state index in [1.165, 1.54) is 193 Å². The SMILES string of the molecule is CC/C=C\C/C=C\C/C=C\C/C=C\C/C=C\C/C=C\CCC(=O)OC(COC(=O)CCCCCCC/C=C\CCCCCCCC)COC(=O)CCCCCCCCCCCCCCCCC/C=C\CCCCCCCCCC. The van der Waals surface area contributed by atoms with Crippen LogP contribution >= 0.6 is 0 Å². The Balaban J connectivity index is 4.37. The van der Waals surface area contributed by atoms with E-state index >= 15 is 0 Å². The highest BCUT2D eigenvalue weighted by molar-refractivity contribution is 5.71. The molecule has 454 valence electrons. The Kier molecular flexibility index (Phi) is 63.7. The first-order valence-electron chi connectivity index (χ1n) is 33.7. The molecule has 0 amide bonds. The summed E-state index contributed by atoms with van der Waals surface area (Å²) in [7, 11) is 0. The van der Waals surface area contributed by atoms with Gasteiger partial charge >= 0.3 is 17.9 Å². The molecule has 0 N–H and O–H groups in total. The van der Waals surface area contributed by atoms with Crippen LogP contribution in [-0.2, 0) is 28.6 Å². The fraction of sp³-hybridized carbons (Fsp3) is 0.740. The van der Waals surface area contributed by atoms with Gasteiger partial charge in [0.1, 0.15) is 13.2 Å². The van der Waals surface area contributed by atoms with E-state index in [9.17, 15) is 14.4 Å². The number of rotatable bonds is 61. The topological polar surface area (TPSA) is 78.9 Å². The quantitative estimate of drug-likeness (QED) is 0.0261. The van der Waals surface area contributed by atoms with Crippen molar-refractivity contribution in [2.24, 2.45) is 0 Å². The van der Waals surface area contributed by atoms with Crippen molar-refractivity contribution >= 4 is 17.9 Å². The standard InChI is InChI=1S/C73H126O6/c1-4-7-10-13-16-19-22-25-28-30-32-33-34-35-36-37-38-39-41-42-45-48-51-54-57-60-63-66-72(75)78-69-70(68-77-71(74)65-62-59-56-53-50-47-44-27-24-21-18-15-12-9-6-3)79-73(76)67-64-61-58-55-52-49-46-43-40-31-29-26-23-20-17-14-11-8-5-2/h8,11,17,20,26-27,29-30,32,40,43-44,49,52,58,61,70H,4-7,9-10,12-16,18-19,21-25,28,31,33-39,41-42,45-48,50-51,53-57,59-60,62-69H2,1-3H3/b11-8-,20-17-,29-26-,32-30-,43-40-,44-27-,52-49-,61-58-. The highest BCUT2D eigenvalue weighted by Gasteiger charge is 2.19. The van der Waals surface area contributed by atoms with E-state index in [0.29, 0.717) is 19.3 Å². The largest absolute Gasteiger partial charge is 0.462 e. The molecule has 0 rings (SSSR count). The molecule has 0 bridgehead atoms. The second-order valence-corrected chi connectivity index (χ2v) is 22.3. The van der Waals surface area contributed by atoms with Crippen molar-refractivity contribution in [1.29, 1.82) is 0 Å². The summed E-state index contributed by atoms with van der Waals surface area (Å²) in [5.74, 6) is -0.991. The predicted molar refractivity (Wildman–Crippen MR) is 344 cm³/mol. The van der Waals surface area contributed by atoms with Gasteiger partial charge in [-0.2, -0.15) is 0 Å². The minimum atomic E-state index is -0.823. The van der Waals surface area contributed by atoms with Gasteiger partial charge in [-0.25, -0.2) is 0 Å². The number of esters is 3. The van der Waals surface area contributed by atoms with E-state index in [4.69, 9.17) is 14.2 Å². The first-order chi connectivity index (χ1) is 39.0. The molecule has 6 heteroatoms. The Bertz CT molecular complexity index is 1540. The Morgan fingerprint density at radius 2 is 0.519 bits per heavy atom. The predicted octanol–water partition coefficient (Wildman–Crippen LogP) is 23.2. The number of carbonyl (C=O) groups excluding carboxylic acids is 3. The van der Waals surface area contributed by atoms with E-state index in [0.717, 1.165) is 89.9 Å². The maximum atomic E-state index is 12.9. The second kappa shape index (κ2) is 66.8. The molecule has 0 fully saturated rings. The van der Waals surface area contributed by atoms with Crippen molar-refractivity contribution in [3.63, 3.8) is 0 Å². The highest BCUT2D eigenvalue weighted by atomic mass is 16.6.